The second-order valence-electron chi connectivity index (χ2n) is 14.0. The highest BCUT2D eigenvalue weighted by atomic mass is 35.5. The number of para-hydroxylation sites is 1. The fraction of sp³-hybridized carbons (Fsp3) is 0.180. The van der Waals surface area contributed by atoms with Crippen LogP contribution in [-0.2, 0) is 0 Å². The van der Waals surface area contributed by atoms with Crippen molar-refractivity contribution in [2.24, 2.45) is 0 Å². The number of nitrogen functional groups attached to an aromatic ring is 1. The molecule has 0 aliphatic heterocycles. The van der Waals surface area contributed by atoms with Crippen molar-refractivity contribution in [2.45, 2.75) is 13.0 Å². The monoisotopic (exact) mass is 964 g/mol. The van der Waals surface area contributed by atoms with E-state index in [9.17, 15) is 15.0 Å². The first-order valence-corrected chi connectivity index (χ1v) is 21.1. The predicted molar refractivity (Wildman–Crippen MR) is 264 cm³/mol. The Labute approximate surface area is 403 Å². The van der Waals surface area contributed by atoms with Crippen LogP contribution in [0.15, 0.2) is 116 Å². The SMILES string of the molecule is COc1cc(Cl)cnc1N.COc1cc(Cl)cnc1NC(c1ccc(C)c(OC)c1OC)c1ccc2cccnc2c1O.COc1ccc(C=O)c(OC)c1OC.Oc1cccc2cccnc12. The van der Waals surface area contributed by atoms with Crippen LogP contribution >= 0.6 is 23.2 Å². The minimum atomic E-state index is -0.580. The second kappa shape index (κ2) is 24.5. The lowest BCUT2D eigenvalue weighted by molar-refractivity contribution is 0.111. The summed E-state index contributed by atoms with van der Waals surface area (Å²) >= 11 is 11.7. The van der Waals surface area contributed by atoms with Crippen LogP contribution in [-0.4, -0.2) is 86.2 Å². The Bertz CT molecular complexity index is 2980. The standard InChI is InChI=1S/C25H24ClN3O4.C10H12O4.C9H7NO.C6H7ClN2O/c1-14-7-9-18(24(33-4)23(14)32-3)21(29-25-19(31-2)12-16(26)13-28-25)17-10-8-15-6-5-11-27-20(15)22(17)30;1-12-8-5-4-7(6-11)9(13-2)10(8)14-3;11-8-5-1-3-7-4-2-6-10-9(7)8;1-10-5-2-4(7)3-9-6(5)8/h5-13,21,30H,1-4H3,(H,28,29);4-6H,1-3H3;1-6,11H;2-3H,1H3,(H2,8,9). The highest BCUT2D eigenvalue weighted by Crippen LogP contribution is 2.45. The van der Waals surface area contributed by atoms with E-state index in [1.54, 1.807) is 70.1 Å². The van der Waals surface area contributed by atoms with Gasteiger partial charge in [0.2, 0.25) is 5.75 Å². The van der Waals surface area contributed by atoms with E-state index in [0.717, 1.165) is 21.9 Å². The summed E-state index contributed by atoms with van der Waals surface area (Å²) in [5.74, 6) is 4.58. The Morgan fingerprint density at radius 2 is 1.16 bits per heavy atom. The summed E-state index contributed by atoms with van der Waals surface area (Å²) in [5.41, 5.74) is 9.25. The maximum absolute atomic E-state index is 11.2. The van der Waals surface area contributed by atoms with Crippen LogP contribution < -0.4 is 44.2 Å². The van der Waals surface area contributed by atoms with Gasteiger partial charge in [0.05, 0.1) is 71.4 Å². The Hall–Kier alpha value is -7.95. The predicted octanol–water partition coefficient (Wildman–Crippen LogP) is 10.3. The zero-order valence-corrected chi connectivity index (χ0v) is 39.9. The summed E-state index contributed by atoms with van der Waals surface area (Å²) in [6, 6.07) is 26.5. The molecule has 8 aromatic rings. The number of aromatic nitrogens is 4. The van der Waals surface area contributed by atoms with Crippen molar-refractivity contribution in [3.63, 3.8) is 0 Å². The summed E-state index contributed by atoms with van der Waals surface area (Å²) in [6.45, 7) is 1.94. The number of carbonyl (C=O) groups is 1. The number of benzene rings is 4. The number of hydrogen-bond acceptors (Lipinski definition) is 16. The van der Waals surface area contributed by atoms with Crippen LogP contribution in [0.2, 0.25) is 10.0 Å². The van der Waals surface area contributed by atoms with E-state index in [4.69, 9.17) is 62.1 Å². The molecule has 0 spiro atoms. The third-order valence-electron chi connectivity index (χ3n) is 10.0. The zero-order valence-electron chi connectivity index (χ0n) is 38.4. The summed E-state index contributed by atoms with van der Waals surface area (Å²) in [7, 11) is 10.7. The number of rotatable bonds is 12. The fourth-order valence-corrected chi connectivity index (χ4v) is 7.09. The van der Waals surface area contributed by atoms with E-state index in [2.05, 4.69) is 25.3 Å². The molecule has 1 unspecified atom stereocenters. The van der Waals surface area contributed by atoms with E-state index in [1.807, 2.05) is 61.5 Å². The largest absolute Gasteiger partial charge is 0.506 e. The number of methoxy groups -OCH3 is 7. The van der Waals surface area contributed by atoms with Crippen molar-refractivity contribution in [2.75, 3.05) is 60.8 Å². The molecule has 18 heteroatoms. The third-order valence-corrected chi connectivity index (χ3v) is 10.4. The summed E-state index contributed by atoms with van der Waals surface area (Å²) in [6.07, 6.45) is 7.02. The van der Waals surface area contributed by atoms with Gasteiger partial charge in [-0.25, -0.2) is 9.97 Å². The third kappa shape index (κ3) is 12.1. The normalized spacial score (nSPS) is 10.7. The van der Waals surface area contributed by atoms with Gasteiger partial charge >= 0.3 is 0 Å². The molecule has 0 amide bonds. The van der Waals surface area contributed by atoms with Crippen LogP contribution in [0.5, 0.6) is 51.7 Å². The molecule has 68 heavy (non-hydrogen) atoms. The van der Waals surface area contributed by atoms with Crippen molar-refractivity contribution in [1.29, 1.82) is 0 Å². The number of aldehydes is 1. The van der Waals surface area contributed by atoms with Crippen molar-refractivity contribution in [1.82, 2.24) is 19.9 Å². The number of fused-ring (bicyclic) bond motifs is 2. The molecule has 4 aromatic carbocycles. The average molecular weight is 966 g/mol. The number of aromatic hydroxyl groups is 2. The van der Waals surface area contributed by atoms with Gasteiger partial charge in [-0.05, 0) is 42.8 Å². The summed E-state index contributed by atoms with van der Waals surface area (Å²) in [5, 5.41) is 26.7. The van der Waals surface area contributed by atoms with Crippen molar-refractivity contribution in [3.05, 3.63) is 148 Å². The van der Waals surface area contributed by atoms with E-state index in [-0.39, 0.29) is 11.5 Å². The molecular formula is C50H50Cl2N6O10. The Morgan fingerprint density at radius 3 is 1.75 bits per heavy atom. The average Bonchev–Trinajstić information content (AvgIpc) is 3.37. The number of hydrogen-bond donors (Lipinski definition) is 4. The molecule has 0 saturated carbocycles. The van der Waals surface area contributed by atoms with E-state index in [0.29, 0.717) is 90.4 Å². The highest BCUT2D eigenvalue weighted by molar-refractivity contribution is 6.31. The number of nitrogens with zero attached hydrogens (tertiary/aromatic N) is 4. The van der Waals surface area contributed by atoms with Crippen LogP contribution in [0.1, 0.15) is 33.1 Å². The molecule has 0 aliphatic rings. The van der Waals surface area contributed by atoms with Crippen molar-refractivity contribution >= 4 is 62.9 Å². The first-order chi connectivity index (χ1) is 32.9. The topological polar surface area (TPSA) is 212 Å². The fourth-order valence-electron chi connectivity index (χ4n) is 6.79. The van der Waals surface area contributed by atoms with Crippen LogP contribution in [0.4, 0.5) is 11.6 Å². The Kier molecular flexibility index (Phi) is 18.4. The molecule has 8 rings (SSSR count). The van der Waals surface area contributed by atoms with Gasteiger partial charge < -0.3 is 54.4 Å². The molecule has 5 N–H and O–H groups in total. The molecule has 4 heterocycles. The van der Waals surface area contributed by atoms with Gasteiger partial charge in [0.15, 0.2) is 52.4 Å². The lowest BCUT2D eigenvalue weighted by atomic mass is 9.94. The number of anilines is 2. The number of nitrogens with one attached hydrogen (secondary N) is 1. The number of pyridine rings is 4. The second-order valence-corrected chi connectivity index (χ2v) is 14.9. The molecule has 0 fully saturated rings. The first-order valence-electron chi connectivity index (χ1n) is 20.3. The van der Waals surface area contributed by atoms with Gasteiger partial charge in [0, 0.05) is 58.8 Å². The molecule has 0 aliphatic carbocycles. The maximum atomic E-state index is 11.2. The van der Waals surface area contributed by atoms with E-state index in [1.165, 1.54) is 40.8 Å². The molecule has 0 bridgehead atoms. The van der Waals surface area contributed by atoms with Crippen LogP contribution in [0.25, 0.3) is 21.8 Å². The molecule has 1 atom stereocenters. The highest BCUT2D eigenvalue weighted by Gasteiger charge is 2.27. The van der Waals surface area contributed by atoms with E-state index >= 15 is 0 Å². The number of phenols is 2. The maximum Gasteiger partial charge on any atom is 0.204 e. The van der Waals surface area contributed by atoms with Gasteiger partial charge in [-0.1, -0.05) is 71.7 Å². The number of halogens is 2. The molecule has 354 valence electrons. The van der Waals surface area contributed by atoms with Crippen molar-refractivity contribution < 1.29 is 48.2 Å². The molecular weight excluding hydrogens is 915 g/mol. The Balaban J connectivity index is 0.000000200. The van der Waals surface area contributed by atoms with Crippen LogP contribution in [0, 0.1) is 6.92 Å². The van der Waals surface area contributed by atoms with Crippen LogP contribution in [0.3, 0.4) is 0 Å². The minimum Gasteiger partial charge on any atom is -0.506 e. The van der Waals surface area contributed by atoms with Crippen molar-refractivity contribution in [3.8, 4) is 51.7 Å². The van der Waals surface area contributed by atoms with Gasteiger partial charge in [0.1, 0.15) is 22.5 Å². The van der Waals surface area contributed by atoms with Gasteiger partial charge in [0.25, 0.3) is 0 Å². The van der Waals surface area contributed by atoms with Gasteiger partial charge in [-0.15, -0.1) is 0 Å². The van der Waals surface area contributed by atoms with Gasteiger partial charge in [-0.3, -0.25) is 14.8 Å². The smallest absolute Gasteiger partial charge is 0.204 e. The molecule has 4 aromatic heterocycles. The number of carbonyl (C=O) groups excluding carboxylic acids is 1. The molecule has 0 saturated heterocycles. The quantitative estimate of drug-likeness (QED) is 0.0839. The minimum absolute atomic E-state index is 0.0557. The summed E-state index contributed by atoms with van der Waals surface area (Å²) in [4.78, 5) is 27.3. The first kappa shape index (κ1) is 51.0. The van der Waals surface area contributed by atoms with Gasteiger partial charge in [-0.2, -0.15) is 0 Å². The molecule has 16 nitrogen and oxygen atoms in total. The zero-order chi connectivity index (χ0) is 49.3. The number of nitrogens with two attached hydrogens (primary N) is 1. The number of phenolic OH excluding ortho intramolecular Hbond substituents is 2. The summed E-state index contributed by atoms with van der Waals surface area (Å²) < 4.78 is 36.9. The number of ether oxygens (including phenoxy) is 7. The van der Waals surface area contributed by atoms with E-state index < -0.39 is 6.04 Å². The lowest BCUT2D eigenvalue weighted by Gasteiger charge is -2.25. The molecule has 0 radical (unpaired) electrons. The number of aryl methyl sites for hydroxylation is 1. The lowest BCUT2D eigenvalue weighted by Crippen LogP contribution is -2.16. The Morgan fingerprint density at radius 1 is 0.588 bits per heavy atom.